The summed E-state index contributed by atoms with van der Waals surface area (Å²) in [5.41, 5.74) is -0.406. The molecule has 0 aromatic heterocycles. The molecule has 1 unspecified atom stereocenters. The van der Waals surface area contributed by atoms with Crippen LogP contribution in [-0.4, -0.2) is 50.4 Å². The lowest BCUT2D eigenvalue weighted by Crippen LogP contribution is -2.41. The SMILES string of the molecule is CC(=O)NCCCS(=O)(=O)OCC(C)(C)[C@@H](O)C(=O)OC(C)c1ccccc1. The summed E-state index contributed by atoms with van der Waals surface area (Å²) < 4.78 is 34.1. The molecule has 8 nitrogen and oxygen atoms in total. The highest BCUT2D eigenvalue weighted by atomic mass is 32.2. The van der Waals surface area contributed by atoms with E-state index in [1.165, 1.54) is 20.8 Å². The lowest BCUT2D eigenvalue weighted by atomic mass is 9.87. The van der Waals surface area contributed by atoms with E-state index in [0.29, 0.717) is 0 Å². The van der Waals surface area contributed by atoms with Gasteiger partial charge >= 0.3 is 5.97 Å². The van der Waals surface area contributed by atoms with Crippen molar-refractivity contribution in [1.82, 2.24) is 5.32 Å². The van der Waals surface area contributed by atoms with E-state index >= 15 is 0 Å². The van der Waals surface area contributed by atoms with Gasteiger partial charge in [0.2, 0.25) is 5.91 Å². The van der Waals surface area contributed by atoms with Crippen molar-refractivity contribution < 1.29 is 32.0 Å². The quantitative estimate of drug-likeness (QED) is 0.320. The van der Waals surface area contributed by atoms with E-state index in [-0.39, 0.29) is 31.2 Å². The highest BCUT2D eigenvalue weighted by Gasteiger charge is 2.37. The summed E-state index contributed by atoms with van der Waals surface area (Å²) in [4.78, 5) is 23.0. The molecule has 1 aromatic rings. The van der Waals surface area contributed by atoms with Crippen LogP contribution in [-0.2, 0) is 28.6 Å². The van der Waals surface area contributed by atoms with E-state index in [4.69, 9.17) is 8.92 Å². The van der Waals surface area contributed by atoms with Gasteiger partial charge in [0.25, 0.3) is 10.1 Å². The van der Waals surface area contributed by atoms with Gasteiger partial charge in [0, 0.05) is 18.9 Å². The van der Waals surface area contributed by atoms with E-state index < -0.39 is 33.7 Å². The fraction of sp³-hybridized carbons (Fsp3) is 0.579. The number of hydrogen-bond donors (Lipinski definition) is 2. The van der Waals surface area contributed by atoms with Crippen molar-refractivity contribution in [3.63, 3.8) is 0 Å². The highest BCUT2D eigenvalue weighted by Crippen LogP contribution is 2.26. The van der Waals surface area contributed by atoms with Crippen molar-refractivity contribution in [2.45, 2.75) is 46.3 Å². The second-order valence-corrected chi connectivity index (χ2v) is 9.00. The highest BCUT2D eigenvalue weighted by molar-refractivity contribution is 7.86. The smallest absolute Gasteiger partial charge is 0.336 e. The number of ether oxygens (including phenoxy) is 1. The Bertz CT molecular complexity index is 747. The molecule has 0 spiro atoms. The third kappa shape index (κ3) is 8.37. The van der Waals surface area contributed by atoms with Crippen LogP contribution in [0.5, 0.6) is 0 Å². The van der Waals surface area contributed by atoms with Crippen LogP contribution in [0, 0.1) is 5.41 Å². The number of benzene rings is 1. The Morgan fingerprint density at radius 2 is 1.82 bits per heavy atom. The van der Waals surface area contributed by atoms with Crippen LogP contribution >= 0.6 is 0 Å². The Kier molecular flexibility index (Phi) is 9.06. The van der Waals surface area contributed by atoms with Crippen molar-refractivity contribution in [3.8, 4) is 0 Å². The largest absolute Gasteiger partial charge is 0.456 e. The van der Waals surface area contributed by atoms with E-state index in [1.807, 2.05) is 18.2 Å². The molecule has 2 atom stereocenters. The molecule has 158 valence electrons. The predicted molar refractivity (Wildman–Crippen MR) is 104 cm³/mol. The standard InChI is InChI=1S/C19H29NO7S/c1-14(16-9-6-5-7-10-16)27-18(23)17(22)19(3,4)13-26-28(24,25)12-8-11-20-15(2)21/h5-7,9-10,14,17,22H,8,11-13H2,1-4H3,(H,20,21)/t14?,17-/m0/s1. The number of aliphatic hydroxyl groups excluding tert-OH is 1. The second-order valence-electron chi connectivity index (χ2n) is 7.24. The Labute approximate surface area is 166 Å². The molecule has 0 radical (unpaired) electrons. The van der Waals surface area contributed by atoms with Gasteiger partial charge in [-0.1, -0.05) is 44.2 Å². The van der Waals surface area contributed by atoms with Gasteiger partial charge in [-0.2, -0.15) is 8.42 Å². The average molecular weight is 416 g/mol. The van der Waals surface area contributed by atoms with Gasteiger partial charge in [-0.05, 0) is 18.9 Å². The summed E-state index contributed by atoms with van der Waals surface area (Å²) >= 11 is 0. The van der Waals surface area contributed by atoms with Crippen molar-refractivity contribution in [2.75, 3.05) is 18.9 Å². The van der Waals surface area contributed by atoms with E-state index in [9.17, 15) is 23.1 Å². The van der Waals surface area contributed by atoms with Crippen LogP contribution in [0.15, 0.2) is 30.3 Å². The fourth-order valence-electron chi connectivity index (χ4n) is 2.24. The molecule has 0 heterocycles. The van der Waals surface area contributed by atoms with E-state index in [2.05, 4.69) is 5.32 Å². The Hall–Kier alpha value is -1.97. The Balaban J connectivity index is 2.55. The van der Waals surface area contributed by atoms with Crippen LogP contribution in [0.25, 0.3) is 0 Å². The molecule has 0 bridgehead atoms. The van der Waals surface area contributed by atoms with Crippen LogP contribution in [0.3, 0.4) is 0 Å². The molecule has 0 saturated carbocycles. The minimum atomic E-state index is -3.85. The van der Waals surface area contributed by atoms with Gasteiger partial charge in [-0.25, -0.2) is 4.79 Å². The zero-order chi connectivity index (χ0) is 21.4. The first-order valence-electron chi connectivity index (χ1n) is 8.99. The topological polar surface area (TPSA) is 119 Å². The number of nitrogens with one attached hydrogen (secondary N) is 1. The van der Waals surface area contributed by atoms with Crippen molar-refractivity contribution >= 4 is 22.0 Å². The number of esters is 1. The molecular weight excluding hydrogens is 386 g/mol. The monoisotopic (exact) mass is 415 g/mol. The Morgan fingerprint density at radius 1 is 1.21 bits per heavy atom. The molecule has 0 aliphatic rings. The molecule has 1 rings (SSSR count). The van der Waals surface area contributed by atoms with Crippen molar-refractivity contribution in [3.05, 3.63) is 35.9 Å². The molecule has 28 heavy (non-hydrogen) atoms. The lowest BCUT2D eigenvalue weighted by Gasteiger charge is -2.29. The summed E-state index contributed by atoms with van der Waals surface area (Å²) in [6, 6.07) is 9.05. The first-order chi connectivity index (χ1) is 12.9. The third-order valence-electron chi connectivity index (χ3n) is 4.08. The fourth-order valence-corrected chi connectivity index (χ4v) is 3.34. The maximum absolute atomic E-state index is 12.3. The number of hydrogen-bond acceptors (Lipinski definition) is 7. The summed E-state index contributed by atoms with van der Waals surface area (Å²) in [6.07, 6.45) is -1.92. The first kappa shape index (κ1) is 24.1. The molecular formula is C19H29NO7S. The van der Waals surface area contributed by atoms with Gasteiger partial charge in [0.1, 0.15) is 6.10 Å². The van der Waals surface area contributed by atoms with Crippen molar-refractivity contribution in [1.29, 1.82) is 0 Å². The number of carbonyl (C=O) groups excluding carboxylic acids is 2. The van der Waals surface area contributed by atoms with Gasteiger partial charge in [-0.3, -0.25) is 8.98 Å². The molecule has 2 N–H and O–H groups in total. The number of aliphatic hydroxyl groups is 1. The maximum Gasteiger partial charge on any atom is 0.336 e. The normalized spacial score (nSPS) is 14.2. The number of amides is 1. The van der Waals surface area contributed by atoms with Crippen molar-refractivity contribution in [2.24, 2.45) is 5.41 Å². The van der Waals surface area contributed by atoms with Crippen LogP contribution in [0.2, 0.25) is 0 Å². The predicted octanol–water partition coefficient (Wildman–Crippen LogP) is 1.55. The van der Waals surface area contributed by atoms with Crippen LogP contribution in [0.4, 0.5) is 0 Å². The minimum Gasteiger partial charge on any atom is -0.456 e. The molecule has 0 saturated heterocycles. The van der Waals surface area contributed by atoms with Crippen LogP contribution < -0.4 is 5.32 Å². The van der Waals surface area contributed by atoms with Gasteiger partial charge in [0.05, 0.1) is 12.4 Å². The zero-order valence-corrected chi connectivity index (χ0v) is 17.5. The summed E-state index contributed by atoms with van der Waals surface area (Å²) in [5, 5.41) is 12.8. The zero-order valence-electron chi connectivity index (χ0n) is 16.7. The Morgan fingerprint density at radius 3 is 2.39 bits per heavy atom. The first-order valence-corrected chi connectivity index (χ1v) is 10.6. The average Bonchev–Trinajstić information content (AvgIpc) is 2.63. The lowest BCUT2D eigenvalue weighted by molar-refractivity contribution is -0.166. The molecule has 9 heteroatoms. The van der Waals surface area contributed by atoms with Crippen LogP contribution in [0.1, 0.15) is 45.8 Å². The van der Waals surface area contributed by atoms with Gasteiger partial charge in [0.15, 0.2) is 6.10 Å². The summed E-state index contributed by atoms with van der Waals surface area (Å²) in [6.45, 7) is 5.88. The second kappa shape index (κ2) is 10.5. The minimum absolute atomic E-state index is 0.196. The molecule has 0 aliphatic heterocycles. The number of carbonyl (C=O) groups is 2. The maximum atomic E-state index is 12.3. The number of rotatable bonds is 11. The van der Waals surface area contributed by atoms with E-state index in [1.54, 1.807) is 19.1 Å². The van der Waals surface area contributed by atoms with E-state index in [0.717, 1.165) is 5.56 Å². The summed E-state index contributed by atoms with van der Waals surface area (Å²) in [5.74, 6) is -1.38. The molecule has 1 aromatic carbocycles. The van der Waals surface area contributed by atoms with Gasteiger partial charge < -0.3 is 15.2 Å². The molecule has 1 amide bonds. The summed E-state index contributed by atoms with van der Waals surface area (Å²) in [7, 11) is -3.85. The molecule has 0 fully saturated rings. The third-order valence-corrected chi connectivity index (χ3v) is 5.35. The molecule has 0 aliphatic carbocycles. The van der Waals surface area contributed by atoms with Gasteiger partial charge in [-0.15, -0.1) is 0 Å².